The van der Waals surface area contributed by atoms with Crippen LogP contribution < -0.4 is 27.8 Å². The van der Waals surface area contributed by atoms with Gasteiger partial charge in [-0.25, -0.2) is 0 Å². The Balaban J connectivity index is 5.00. The molecule has 124 valence electrons. The molecule has 0 aromatic heterocycles. The lowest BCUT2D eigenvalue weighted by molar-refractivity contribution is -0.141. The maximum atomic E-state index is 11.9. The number of nitrogens with one attached hydrogen (secondary N) is 2. The van der Waals surface area contributed by atoms with Crippen LogP contribution in [0.1, 0.15) is 19.8 Å². The van der Waals surface area contributed by atoms with Crippen LogP contribution in [0.4, 0.5) is 0 Å². The van der Waals surface area contributed by atoms with E-state index in [1.807, 2.05) is 0 Å². The minimum Gasteiger partial charge on any atom is -0.481 e. The number of amides is 4. The van der Waals surface area contributed by atoms with Crippen molar-refractivity contribution in [3.05, 3.63) is 0 Å². The van der Waals surface area contributed by atoms with Crippen LogP contribution in [0.5, 0.6) is 0 Å². The number of hydrogen-bond donors (Lipinski definition) is 6. The average Bonchev–Trinajstić information content (AvgIpc) is 2.35. The summed E-state index contributed by atoms with van der Waals surface area (Å²) in [6, 6.07) is -3.86. The van der Waals surface area contributed by atoms with E-state index in [1.54, 1.807) is 0 Å². The first-order chi connectivity index (χ1) is 10.0. The lowest BCUT2D eigenvalue weighted by Gasteiger charge is -2.21. The van der Waals surface area contributed by atoms with Crippen LogP contribution in [-0.2, 0) is 24.0 Å². The third-order valence-corrected chi connectivity index (χ3v) is 2.49. The van der Waals surface area contributed by atoms with Crippen LogP contribution in [-0.4, -0.2) is 52.8 Å². The first-order valence-electron chi connectivity index (χ1n) is 6.20. The molecule has 0 saturated carbocycles. The summed E-state index contributed by atoms with van der Waals surface area (Å²) in [5.41, 5.74) is 15.2. The highest BCUT2D eigenvalue weighted by molar-refractivity contribution is 5.95. The topological polar surface area (TPSA) is 208 Å². The summed E-state index contributed by atoms with van der Waals surface area (Å²) >= 11 is 0. The van der Waals surface area contributed by atoms with Crippen molar-refractivity contribution in [2.45, 2.75) is 37.9 Å². The molecule has 0 saturated heterocycles. The van der Waals surface area contributed by atoms with E-state index in [0.29, 0.717) is 0 Å². The van der Waals surface area contributed by atoms with E-state index >= 15 is 0 Å². The van der Waals surface area contributed by atoms with Crippen molar-refractivity contribution in [3.63, 3.8) is 0 Å². The Morgan fingerprint density at radius 1 is 0.955 bits per heavy atom. The highest BCUT2D eigenvalue weighted by atomic mass is 16.4. The lowest BCUT2D eigenvalue weighted by atomic mass is 10.1. The van der Waals surface area contributed by atoms with E-state index in [9.17, 15) is 24.0 Å². The Bertz CT molecular complexity index is 478. The van der Waals surface area contributed by atoms with Gasteiger partial charge in [0.2, 0.25) is 23.6 Å². The molecular weight excluding hydrogens is 298 g/mol. The molecule has 4 amide bonds. The minimum absolute atomic E-state index is 0.553. The molecule has 0 radical (unpaired) electrons. The zero-order valence-electron chi connectivity index (χ0n) is 11.9. The van der Waals surface area contributed by atoms with Crippen molar-refractivity contribution in [2.24, 2.45) is 17.2 Å². The summed E-state index contributed by atoms with van der Waals surface area (Å²) in [6.07, 6.45) is -1.30. The largest absolute Gasteiger partial charge is 0.481 e. The summed E-state index contributed by atoms with van der Waals surface area (Å²) in [4.78, 5) is 56.1. The number of nitrogens with two attached hydrogens (primary N) is 3. The zero-order chi connectivity index (χ0) is 17.4. The van der Waals surface area contributed by atoms with Gasteiger partial charge in [0.1, 0.15) is 12.1 Å². The second-order valence-electron chi connectivity index (χ2n) is 4.58. The second kappa shape index (κ2) is 8.56. The fraction of sp³-hybridized carbons (Fsp3) is 0.545. The Morgan fingerprint density at radius 3 is 1.82 bits per heavy atom. The van der Waals surface area contributed by atoms with Crippen molar-refractivity contribution >= 4 is 29.6 Å². The number of carbonyl (C=O) groups is 5. The normalized spacial score (nSPS) is 14.3. The molecule has 0 aromatic carbocycles. The molecule has 11 nitrogen and oxygen atoms in total. The summed E-state index contributed by atoms with van der Waals surface area (Å²) in [5.74, 6) is -5.04. The van der Waals surface area contributed by atoms with Crippen LogP contribution in [0, 0.1) is 0 Å². The number of hydrogen-bond acceptors (Lipinski definition) is 6. The molecule has 0 unspecified atom stereocenters. The van der Waals surface area contributed by atoms with E-state index in [0.717, 1.165) is 0 Å². The van der Waals surface area contributed by atoms with E-state index in [1.165, 1.54) is 6.92 Å². The lowest BCUT2D eigenvalue weighted by Crippen LogP contribution is -2.56. The van der Waals surface area contributed by atoms with Crippen LogP contribution in [0.15, 0.2) is 0 Å². The van der Waals surface area contributed by atoms with Gasteiger partial charge in [0, 0.05) is 0 Å². The first kappa shape index (κ1) is 19.3. The molecule has 0 aliphatic rings. The van der Waals surface area contributed by atoms with Gasteiger partial charge in [-0.15, -0.1) is 0 Å². The zero-order valence-corrected chi connectivity index (χ0v) is 11.9. The smallest absolute Gasteiger partial charge is 0.305 e. The van der Waals surface area contributed by atoms with Crippen molar-refractivity contribution in [3.8, 4) is 0 Å². The maximum Gasteiger partial charge on any atom is 0.305 e. The summed E-state index contributed by atoms with van der Waals surface area (Å²) in [7, 11) is 0. The van der Waals surface area contributed by atoms with Gasteiger partial charge in [0.25, 0.3) is 0 Å². The molecule has 0 spiro atoms. The quantitative estimate of drug-likeness (QED) is 0.249. The second-order valence-corrected chi connectivity index (χ2v) is 4.58. The highest BCUT2D eigenvalue weighted by Gasteiger charge is 2.28. The maximum absolute atomic E-state index is 11.9. The highest BCUT2D eigenvalue weighted by Crippen LogP contribution is 1.98. The molecule has 0 aliphatic carbocycles. The molecule has 0 aromatic rings. The predicted molar refractivity (Wildman–Crippen MR) is 72.8 cm³/mol. The van der Waals surface area contributed by atoms with E-state index < -0.39 is 60.6 Å². The minimum atomic E-state index is -1.48. The van der Waals surface area contributed by atoms with E-state index in [2.05, 4.69) is 10.6 Å². The third kappa shape index (κ3) is 7.19. The van der Waals surface area contributed by atoms with Gasteiger partial charge in [-0.1, -0.05) is 0 Å². The molecule has 0 fully saturated rings. The Kier molecular flexibility index (Phi) is 7.52. The molecule has 0 heterocycles. The molecule has 0 aliphatic heterocycles. The number of primary amides is 2. The molecular formula is C11H19N5O6. The number of carbonyl (C=O) groups excluding carboxylic acids is 4. The molecule has 9 N–H and O–H groups in total. The van der Waals surface area contributed by atoms with Crippen LogP contribution >= 0.6 is 0 Å². The summed E-state index contributed by atoms with van der Waals surface area (Å²) in [6.45, 7) is 1.34. The van der Waals surface area contributed by atoms with Crippen LogP contribution in [0.3, 0.4) is 0 Å². The molecule has 0 bridgehead atoms. The van der Waals surface area contributed by atoms with Gasteiger partial charge in [-0.2, -0.15) is 0 Å². The first-order valence-corrected chi connectivity index (χ1v) is 6.20. The number of aliphatic carboxylic acids is 1. The van der Waals surface area contributed by atoms with Crippen molar-refractivity contribution < 1.29 is 29.1 Å². The number of rotatable bonds is 9. The summed E-state index contributed by atoms with van der Waals surface area (Å²) < 4.78 is 0. The Morgan fingerprint density at radius 2 is 1.45 bits per heavy atom. The standard InChI is InChI=1S/C11H19N5O6/c1-4(12)10(21)16-6(3-8(18)19)11(22)15-5(9(14)20)2-7(13)17/h4-6H,2-3,12H2,1H3,(H2,13,17)(H2,14,20)(H,15,22)(H,16,21)(H,18,19)/t4-,5-,6-/m0/s1. The van der Waals surface area contributed by atoms with Crippen LogP contribution in [0.25, 0.3) is 0 Å². The molecule has 22 heavy (non-hydrogen) atoms. The van der Waals surface area contributed by atoms with Crippen LogP contribution in [0.2, 0.25) is 0 Å². The van der Waals surface area contributed by atoms with E-state index in [4.69, 9.17) is 22.3 Å². The van der Waals surface area contributed by atoms with Gasteiger partial charge in [-0.05, 0) is 6.92 Å². The fourth-order valence-corrected chi connectivity index (χ4v) is 1.38. The molecule has 0 rings (SSSR count). The van der Waals surface area contributed by atoms with Gasteiger partial charge in [0.15, 0.2) is 0 Å². The number of carboxylic acids is 1. The summed E-state index contributed by atoms with van der Waals surface area (Å²) in [5, 5.41) is 12.9. The van der Waals surface area contributed by atoms with Crippen molar-refractivity contribution in [2.75, 3.05) is 0 Å². The fourth-order valence-electron chi connectivity index (χ4n) is 1.38. The predicted octanol–water partition coefficient (Wildman–Crippen LogP) is -3.86. The average molecular weight is 317 g/mol. The van der Waals surface area contributed by atoms with Gasteiger partial charge in [0.05, 0.1) is 18.9 Å². The Labute approximate surface area is 125 Å². The molecule has 11 heteroatoms. The Hall–Kier alpha value is -2.69. The van der Waals surface area contributed by atoms with Gasteiger partial charge >= 0.3 is 5.97 Å². The molecule has 3 atom stereocenters. The van der Waals surface area contributed by atoms with Crippen molar-refractivity contribution in [1.29, 1.82) is 0 Å². The van der Waals surface area contributed by atoms with Gasteiger partial charge < -0.3 is 32.9 Å². The SMILES string of the molecule is C[C@H](N)C(=O)N[C@@H](CC(=O)O)C(=O)N[C@@H](CC(N)=O)C(N)=O. The van der Waals surface area contributed by atoms with Gasteiger partial charge in [-0.3, -0.25) is 24.0 Å². The van der Waals surface area contributed by atoms with E-state index in [-0.39, 0.29) is 0 Å². The monoisotopic (exact) mass is 317 g/mol. The number of carboxylic acid groups (broad SMARTS) is 1. The third-order valence-electron chi connectivity index (χ3n) is 2.49. The van der Waals surface area contributed by atoms with Crippen molar-refractivity contribution in [1.82, 2.24) is 10.6 Å².